The van der Waals surface area contributed by atoms with Gasteiger partial charge in [-0.05, 0) is 39.1 Å². The van der Waals surface area contributed by atoms with E-state index >= 15 is 0 Å². The fourth-order valence-corrected chi connectivity index (χ4v) is 1.35. The van der Waals surface area contributed by atoms with Crippen molar-refractivity contribution in [3.63, 3.8) is 0 Å². The van der Waals surface area contributed by atoms with Gasteiger partial charge < -0.3 is 10.6 Å². The molecule has 1 rings (SSSR count). The molecule has 0 heterocycles. The molecule has 1 aromatic rings. The van der Waals surface area contributed by atoms with E-state index in [0.29, 0.717) is 0 Å². The van der Waals surface area contributed by atoms with E-state index in [1.807, 2.05) is 0 Å². The summed E-state index contributed by atoms with van der Waals surface area (Å²) in [6, 6.07) is 2.78. The van der Waals surface area contributed by atoms with Gasteiger partial charge in [-0.1, -0.05) is 11.6 Å². The van der Waals surface area contributed by atoms with Gasteiger partial charge in [-0.3, -0.25) is 4.79 Å². The van der Waals surface area contributed by atoms with Crippen LogP contribution in [0.3, 0.4) is 0 Å². The number of carbonyl (C=O) groups is 1. The van der Waals surface area contributed by atoms with Crippen LogP contribution in [0.1, 0.15) is 19.4 Å². The minimum Gasteiger partial charge on any atom is -0.323 e. The quantitative estimate of drug-likeness (QED) is 0.898. The largest absolute Gasteiger partial charge is 0.416 e. The molecule has 0 saturated heterocycles. The smallest absolute Gasteiger partial charge is 0.323 e. The molecule has 19 heavy (non-hydrogen) atoms. The number of anilines is 1. The molecule has 1 aromatic carbocycles. The molecule has 0 unspecified atom stereocenters. The van der Waals surface area contributed by atoms with E-state index in [1.54, 1.807) is 20.9 Å². The van der Waals surface area contributed by atoms with E-state index in [2.05, 4.69) is 10.6 Å². The van der Waals surface area contributed by atoms with Crippen molar-refractivity contribution in [2.75, 3.05) is 12.4 Å². The van der Waals surface area contributed by atoms with Crippen LogP contribution < -0.4 is 10.6 Å². The van der Waals surface area contributed by atoms with E-state index in [-0.39, 0.29) is 10.7 Å². The van der Waals surface area contributed by atoms with Gasteiger partial charge in [0, 0.05) is 0 Å². The zero-order valence-electron chi connectivity index (χ0n) is 10.7. The normalized spacial score (nSPS) is 12.4. The molecular weight excluding hydrogens is 281 g/mol. The lowest BCUT2D eigenvalue weighted by molar-refractivity contribution is -0.137. The van der Waals surface area contributed by atoms with Gasteiger partial charge in [-0.25, -0.2) is 0 Å². The highest BCUT2D eigenvalue weighted by Crippen LogP contribution is 2.34. The number of amides is 1. The summed E-state index contributed by atoms with van der Waals surface area (Å²) >= 11 is 5.78. The molecule has 1 amide bonds. The standard InChI is InChI=1S/C12H14ClF3N2O/c1-11(2,17-3)10(19)18-9-6-7(12(14,15)16)4-5-8(9)13/h4-6,17H,1-3H3,(H,18,19). The van der Waals surface area contributed by atoms with Crippen LogP contribution in [0.4, 0.5) is 18.9 Å². The average molecular weight is 295 g/mol. The average Bonchev–Trinajstić information content (AvgIpc) is 2.30. The minimum absolute atomic E-state index is 0.0493. The van der Waals surface area contributed by atoms with Crippen LogP contribution in [0.2, 0.25) is 5.02 Å². The number of hydrogen-bond donors (Lipinski definition) is 2. The summed E-state index contributed by atoms with van der Waals surface area (Å²) in [4.78, 5) is 11.9. The van der Waals surface area contributed by atoms with Crippen molar-refractivity contribution in [2.24, 2.45) is 0 Å². The van der Waals surface area contributed by atoms with Gasteiger partial charge >= 0.3 is 6.18 Å². The van der Waals surface area contributed by atoms with Crippen LogP contribution in [0.15, 0.2) is 18.2 Å². The Kier molecular flexibility index (Phi) is 4.47. The van der Waals surface area contributed by atoms with E-state index in [0.717, 1.165) is 18.2 Å². The minimum atomic E-state index is -4.48. The van der Waals surface area contributed by atoms with Crippen molar-refractivity contribution in [3.05, 3.63) is 28.8 Å². The van der Waals surface area contributed by atoms with E-state index in [4.69, 9.17) is 11.6 Å². The summed E-state index contributed by atoms with van der Waals surface area (Å²) in [5.74, 6) is -0.476. The molecule has 0 saturated carbocycles. The van der Waals surface area contributed by atoms with Crippen molar-refractivity contribution >= 4 is 23.2 Å². The number of alkyl halides is 3. The molecule has 0 fully saturated rings. The van der Waals surface area contributed by atoms with Gasteiger partial charge in [0.25, 0.3) is 0 Å². The molecule has 0 aliphatic carbocycles. The Labute approximate surface area is 114 Å². The Bertz CT molecular complexity index is 486. The molecule has 0 aliphatic rings. The second-order valence-electron chi connectivity index (χ2n) is 4.52. The van der Waals surface area contributed by atoms with Gasteiger partial charge in [-0.15, -0.1) is 0 Å². The summed E-state index contributed by atoms with van der Waals surface area (Å²) < 4.78 is 37.7. The highest BCUT2D eigenvalue weighted by molar-refractivity contribution is 6.33. The summed E-state index contributed by atoms with van der Waals surface area (Å²) in [7, 11) is 1.58. The molecule has 0 bridgehead atoms. The van der Waals surface area contributed by atoms with Crippen LogP contribution in [0, 0.1) is 0 Å². The second-order valence-corrected chi connectivity index (χ2v) is 4.93. The van der Waals surface area contributed by atoms with E-state index in [1.165, 1.54) is 0 Å². The molecule has 2 N–H and O–H groups in total. The maximum Gasteiger partial charge on any atom is 0.416 e. The summed E-state index contributed by atoms with van der Waals surface area (Å²) in [5.41, 5.74) is -1.85. The third-order valence-electron chi connectivity index (χ3n) is 2.73. The van der Waals surface area contributed by atoms with Gasteiger partial charge in [0.05, 0.1) is 21.8 Å². The van der Waals surface area contributed by atoms with Crippen molar-refractivity contribution in [3.8, 4) is 0 Å². The van der Waals surface area contributed by atoms with Gasteiger partial charge in [0.2, 0.25) is 5.91 Å². The van der Waals surface area contributed by atoms with Crippen LogP contribution in [0.25, 0.3) is 0 Å². The maximum absolute atomic E-state index is 12.6. The Balaban J connectivity index is 3.05. The number of nitrogens with one attached hydrogen (secondary N) is 2. The summed E-state index contributed by atoms with van der Waals surface area (Å²) in [6.45, 7) is 3.20. The molecule has 0 spiro atoms. The van der Waals surface area contributed by atoms with E-state index in [9.17, 15) is 18.0 Å². The lowest BCUT2D eigenvalue weighted by Gasteiger charge is -2.23. The molecule has 3 nitrogen and oxygen atoms in total. The molecule has 0 aliphatic heterocycles. The fourth-order valence-electron chi connectivity index (χ4n) is 1.19. The van der Waals surface area contributed by atoms with Crippen LogP contribution >= 0.6 is 11.6 Å². The third kappa shape index (κ3) is 3.84. The van der Waals surface area contributed by atoms with Crippen molar-refractivity contribution in [1.82, 2.24) is 5.32 Å². The predicted molar refractivity (Wildman–Crippen MR) is 68.2 cm³/mol. The highest BCUT2D eigenvalue weighted by atomic mass is 35.5. The molecule has 0 aromatic heterocycles. The first kappa shape index (κ1) is 15.8. The monoisotopic (exact) mass is 294 g/mol. The number of benzene rings is 1. The second kappa shape index (κ2) is 5.38. The van der Waals surface area contributed by atoms with Gasteiger partial charge in [0.1, 0.15) is 0 Å². The number of carbonyl (C=O) groups excluding carboxylic acids is 1. The zero-order valence-corrected chi connectivity index (χ0v) is 11.4. The Hall–Kier alpha value is -1.27. The fraction of sp³-hybridized carbons (Fsp3) is 0.417. The maximum atomic E-state index is 12.6. The summed E-state index contributed by atoms with van der Waals surface area (Å²) in [5, 5.41) is 5.18. The van der Waals surface area contributed by atoms with Crippen molar-refractivity contribution < 1.29 is 18.0 Å². The SMILES string of the molecule is CNC(C)(C)C(=O)Nc1cc(C(F)(F)F)ccc1Cl. The molecule has 0 atom stereocenters. The van der Waals surface area contributed by atoms with Crippen molar-refractivity contribution in [1.29, 1.82) is 0 Å². The Morgan fingerprint density at radius 3 is 2.32 bits per heavy atom. The third-order valence-corrected chi connectivity index (χ3v) is 3.06. The highest BCUT2D eigenvalue weighted by Gasteiger charge is 2.32. The van der Waals surface area contributed by atoms with Gasteiger partial charge in [-0.2, -0.15) is 13.2 Å². The molecule has 0 radical (unpaired) electrons. The van der Waals surface area contributed by atoms with E-state index < -0.39 is 23.2 Å². The Morgan fingerprint density at radius 1 is 1.26 bits per heavy atom. The lowest BCUT2D eigenvalue weighted by atomic mass is 10.0. The number of likely N-dealkylation sites (N-methyl/N-ethyl adjacent to an activating group) is 1. The first-order valence-corrected chi connectivity index (χ1v) is 5.83. The van der Waals surface area contributed by atoms with Gasteiger partial charge in [0.15, 0.2) is 0 Å². The number of hydrogen-bond acceptors (Lipinski definition) is 2. The summed E-state index contributed by atoms with van der Waals surface area (Å²) in [6.07, 6.45) is -4.48. The topological polar surface area (TPSA) is 41.1 Å². The molecular formula is C12H14ClF3N2O. The Morgan fingerprint density at radius 2 is 1.84 bits per heavy atom. The first-order valence-electron chi connectivity index (χ1n) is 5.45. The van der Waals surface area contributed by atoms with Crippen LogP contribution in [-0.2, 0) is 11.0 Å². The number of halogens is 4. The molecule has 106 valence electrons. The van der Waals surface area contributed by atoms with Crippen LogP contribution in [0.5, 0.6) is 0 Å². The number of rotatable bonds is 3. The van der Waals surface area contributed by atoms with Crippen LogP contribution in [-0.4, -0.2) is 18.5 Å². The first-order chi connectivity index (χ1) is 8.58. The molecule has 7 heteroatoms. The lowest BCUT2D eigenvalue weighted by Crippen LogP contribution is -2.47. The van der Waals surface area contributed by atoms with Crippen molar-refractivity contribution in [2.45, 2.75) is 25.6 Å². The zero-order chi connectivity index (χ0) is 14.8. The predicted octanol–water partition coefficient (Wildman–Crippen LogP) is 3.30.